The fourth-order valence-corrected chi connectivity index (χ4v) is 3.58. The second kappa shape index (κ2) is 10.7. The monoisotopic (exact) mass is 457 g/mol. The molecular weight excluding hydrogens is 430 g/mol. The Kier molecular flexibility index (Phi) is 7.28. The van der Waals surface area contributed by atoms with Gasteiger partial charge in [0.1, 0.15) is 36.2 Å². The highest BCUT2D eigenvalue weighted by Crippen LogP contribution is 2.25. The third-order valence-corrected chi connectivity index (χ3v) is 5.33. The number of oxazole rings is 1. The van der Waals surface area contributed by atoms with Crippen LogP contribution in [0.3, 0.4) is 0 Å². The summed E-state index contributed by atoms with van der Waals surface area (Å²) in [4.78, 5) is 17.0. The molecule has 4 aromatic rings. The lowest BCUT2D eigenvalue weighted by Crippen LogP contribution is -2.12. The molecule has 0 aliphatic rings. The predicted molar refractivity (Wildman–Crippen MR) is 129 cm³/mol. The van der Waals surface area contributed by atoms with E-state index in [1.54, 1.807) is 6.92 Å². The van der Waals surface area contributed by atoms with Crippen molar-refractivity contribution in [2.75, 3.05) is 6.61 Å². The fraction of sp³-hybridized carbons (Fsp3) is 0.214. The maximum atomic E-state index is 12.4. The summed E-state index contributed by atoms with van der Waals surface area (Å²) in [5, 5.41) is 0. The van der Waals surface area contributed by atoms with E-state index in [1.165, 1.54) is 0 Å². The maximum absolute atomic E-state index is 12.4. The SMILES string of the molecule is CCOC(=O)c1c(C)cccc1COc1cccc(OCc2nc(-c3ccccc3)oc2C)c1. The highest BCUT2D eigenvalue weighted by atomic mass is 16.5. The second-order valence-corrected chi connectivity index (χ2v) is 7.77. The molecule has 6 heteroatoms. The third-order valence-electron chi connectivity index (χ3n) is 5.33. The summed E-state index contributed by atoms with van der Waals surface area (Å²) in [6, 6.07) is 22.8. The van der Waals surface area contributed by atoms with Crippen LogP contribution in [0.2, 0.25) is 0 Å². The number of benzene rings is 3. The van der Waals surface area contributed by atoms with E-state index in [2.05, 4.69) is 4.98 Å². The van der Waals surface area contributed by atoms with E-state index in [4.69, 9.17) is 18.6 Å². The van der Waals surface area contributed by atoms with Gasteiger partial charge in [0.15, 0.2) is 0 Å². The molecule has 0 saturated carbocycles. The van der Waals surface area contributed by atoms with Crippen LogP contribution in [0.4, 0.5) is 0 Å². The van der Waals surface area contributed by atoms with E-state index >= 15 is 0 Å². The van der Waals surface area contributed by atoms with Gasteiger partial charge in [0.2, 0.25) is 5.89 Å². The lowest BCUT2D eigenvalue weighted by molar-refractivity contribution is 0.0522. The first-order valence-corrected chi connectivity index (χ1v) is 11.2. The van der Waals surface area contributed by atoms with Crippen molar-refractivity contribution in [3.05, 3.63) is 101 Å². The Morgan fingerprint density at radius 1 is 0.882 bits per heavy atom. The van der Waals surface area contributed by atoms with Crippen LogP contribution in [-0.2, 0) is 18.0 Å². The number of nitrogens with zero attached hydrogens (tertiary/aromatic N) is 1. The number of carbonyl (C=O) groups is 1. The molecule has 0 amide bonds. The molecule has 0 bridgehead atoms. The Hall–Kier alpha value is -4.06. The van der Waals surface area contributed by atoms with Crippen LogP contribution >= 0.6 is 0 Å². The standard InChI is InChI=1S/C28H27NO5/c1-4-31-28(30)26-19(2)10-8-13-22(26)17-32-23-14-9-15-24(16-23)33-18-25-20(3)34-27(29-25)21-11-6-5-7-12-21/h5-16H,4,17-18H2,1-3H3. The summed E-state index contributed by atoms with van der Waals surface area (Å²) in [6.45, 7) is 6.39. The lowest BCUT2D eigenvalue weighted by atomic mass is 10.0. The average Bonchev–Trinajstić information content (AvgIpc) is 3.23. The number of hydrogen-bond donors (Lipinski definition) is 0. The van der Waals surface area contributed by atoms with Gasteiger partial charge in [0, 0.05) is 17.2 Å². The quantitative estimate of drug-likeness (QED) is 0.275. The second-order valence-electron chi connectivity index (χ2n) is 7.77. The minimum absolute atomic E-state index is 0.238. The molecule has 0 fully saturated rings. The Balaban J connectivity index is 1.42. The number of hydrogen-bond acceptors (Lipinski definition) is 6. The molecule has 1 heterocycles. The molecule has 0 aliphatic heterocycles. The number of carbonyl (C=O) groups excluding carboxylic acids is 1. The molecule has 0 saturated heterocycles. The molecule has 0 N–H and O–H groups in total. The van der Waals surface area contributed by atoms with Crippen LogP contribution in [-0.4, -0.2) is 17.6 Å². The van der Waals surface area contributed by atoms with Gasteiger partial charge < -0.3 is 18.6 Å². The van der Waals surface area contributed by atoms with Crippen molar-refractivity contribution >= 4 is 5.97 Å². The van der Waals surface area contributed by atoms with E-state index in [0.717, 1.165) is 28.1 Å². The first-order chi connectivity index (χ1) is 16.5. The zero-order valence-electron chi connectivity index (χ0n) is 19.5. The molecule has 4 rings (SSSR count). The molecule has 0 atom stereocenters. The molecule has 0 spiro atoms. The predicted octanol–water partition coefficient (Wildman–Crippen LogP) is 6.29. The topological polar surface area (TPSA) is 70.8 Å². The molecule has 174 valence electrons. The molecule has 0 radical (unpaired) electrons. The molecule has 0 aliphatic carbocycles. The Morgan fingerprint density at radius 3 is 2.32 bits per heavy atom. The van der Waals surface area contributed by atoms with Gasteiger partial charge >= 0.3 is 5.97 Å². The van der Waals surface area contributed by atoms with Crippen molar-refractivity contribution in [2.24, 2.45) is 0 Å². The maximum Gasteiger partial charge on any atom is 0.338 e. The van der Waals surface area contributed by atoms with Crippen molar-refractivity contribution in [1.82, 2.24) is 4.98 Å². The van der Waals surface area contributed by atoms with E-state index in [1.807, 2.05) is 86.6 Å². The van der Waals surface area contributed by atoms with Gasteiger partial charge in [-0.25, -0.2) is 9.78 Å². The van der Waals surface area contributed by atoms with Crippen molar-refractivity contribution in [2.45, 2.75) is 34.0 Å². The van der Waals surface area contributed by atoms with E-state index < -0.39 is 0 Å². The summed E-state index contributed by atoms with van der Waals surface area (Å²) in [6.07, 6.45) is 0. The Labute approximate surface area is 199 Å². The molecule has 0 unspecified atom stereocenters. The van der Waals surface area contributed by atoms with Crippen molar-refractivity contribution in [3.63, 3.8) is 0 Å². The van der Waals surface area contributed by atoms with Gasteiger partial charge in [0.25, 0.3) is 0 Å². The van der Waals surface area contributed by atoms with Gasteiger partial charge in [-0.15, -0.1) is 0 Å². The molecule has 1 aromatic heterocycles. The van der Waals surface area contributed by atoms with Crippen LogP contribution in [0, 0.1) is 13.8 Å². The Morgan fingerprint density at radius 2 is 1.59 bits per heavy atom. The van der Waals surface area contributed by atoms with Crippen LogP contribution in [0.5, 0.6) is 11.5 Å². The zero-order valence-corrected chi connectivity index (χ0v) is 19.5. The summed E-state index contributed by atoms with van der Waals surface area (Å²) in [5.74, 6) is 2.24. The minimum Gasteiger partial charge on any atom is -0.489 e. The number of aromatic nitrogens is 1. The van der Waals surface area contributed by atoms with Gasteiger partial charge in [-0.2, -0.15) is 0 Å². The van der Waals surface area contributed by atoms with E-state index in [0.29, 0.717) is 29.6 Å². The van der Waals surface area contributed by atoms with Gasteiger partial charge in [-0.05, 0) is 50.6 Å². The summed E-state index contributed by atoms with van der Waals surface area (Å²) in [5.41, 5.74) is 3.84. The number of esters is 1. The Bertz CT molecular complexity index is 1260. The fourth-order valence-electron chi connectivity index (χ4n) is 3.58. The van der Waals surface area contributed by atoms with Gasteiger partial charge in [-0.3, -0.25) is 0 Å². The molecule has 34 heavy (non-hydrogen) atoms. The smallest absolute Gasteiger partial charge is 0.338 e. The number of ether oxygens (including phenoxy) is 3. The lowest BCUT2D eigenvalue weighted by Gasteiger charge is -2.13. The molecule has 6 nitrogen and oxygen atoms in total. The zero-order chi connectivity index (χ0) is 23.9. The number of aryl methyl sites for hydroxylation is 2. The summed E-state index contributed by atoms with van der Waals surface area (Å²) >= 11 is 0. The summed E-state index contributed by atoms with van der Waals surface area (Å²) in [7, 11) is 0. The summed E-state index contributed by atoms with van der Waals surface area (Å²) < 4.78 is 22.9. The number of rotatable bonds is 9. The van der Waals surface area contributed by atoms with Crippen LogP contribution in [0.25, 0.3) is 11.5 Å². The van der Waals surface area contributed by atoms with E-state index in [-0.39, 0.29) is 19.2 Å². The van der Waals surface area contributed by atoms with Crippen molar-refractivity contribution in [3.8, 4) is 23.0 Å². The normalized spacial score (nSPS) is 10.7. The first kappa shape index (κ1) is 23.1. The minimum atomic E-state index is -0.339. The highest BCUT2D eigenvalue weighted by Gasteiger charge is 2.16. The third kappa shape index (κ3) is 5.46. The van der Waals surface area contributed by atoms with Crippen molar-refractivity contribution < 1.29 is 23.4 Å². The van der Waals surface area contributed by atoms with Crippen LogP contribution in [0.1, 0.15) is 39.9 Å². The van der Waals surface area contributed by atoms with Gasteiger partial charge in [0.05, 0.1) is 12.2 Å². The first-order valence-electron chi connectivity index (χ1n) is 11.2. The largest absolute Gasteiger partial charge is 0.489 e. The van der Waals surface area contributed by atoms with Crippen LogP contribution < -0.4 is 9.47 Å². The van der Waals surface area contributed by atoms with Crippen molar-refractivity contribution in [1.29, 1.82) is 0 Å². The van der Waals surface area contributed by atoms with Gasteiger partial charge in [-0.1, -0.05) is 42.5 Å². The highest BCUT2D eigenvalue weighted by molar-refractivity contribution is 5.92. The van der Waals surface area contributed by atoms with Crippen LogP contribution in [0.15, 0.2) is 77.2 Å². The molecular formula is C28H27NO5. The average molecular weight is 458 g/mol. The van der Waals surface area contributed by atoms with E-state index in [9.17, 15) is 4.79 Å². The molecule has 3 aromatic carbocycles.